The Morgan fingerprint density at radius 1 is 1.53 bits per heavy atom. The van der Waals surface area contributed by atoms with E-state index >= 15 is 0 Å². The molecule has 1 aromatic rings. The standard InChI is InChI=1S/C12H11BrClNO2/c1-2-17-12(16)5-8-3-10(7-15)11(13)4-9(8)6-14/h3-4H,2,5-6H2,1H3. The number of nitrogens with zero attached hydrogens (tertiary/aromatic N) is 1. The van der Waals surface area contributed by atoms with Crippen LogP contribution in [0.1, 0.15) is 23.6 Å². The molecule has 3 nitrogen and oxygen atoms in total. The second-order valence-corrected chi connectivity index (χ2v) is 4.45. The summed E-state index contributed by atoms with van der Waals surface area (Å²) in [6.07, 6.45) is 0.137. The molecule has 0 saturated heterocycles. The lowest BCUT2D eigenvalue weighted by Crippen LogP contribution is -2.09. The van der Waals surface area contributed by atoms with Crippen molar-refractivity contribution >= 4 is 33.5 Å². The molecule has 0 aromatic heterocycles. The summed E-state index contributed by atoms with van der Waals surface area (Å²) in [5.74, 6) is -0.0240. The Labute approximate surface area is 113 Å². The van der Waals surface area contributed by atoms with Gasteiger partial charge < -0.3 is 4.74 Å². The van der Waals surface area contributed by atoms with Gasteiger partial charge in [-0.1, -0.05) is 0 Å². The van der Waals surface area contributed by atoms with Crippen LogP contribution in [0.5, 0.6) is 0 Å². The summed E-state index contributed by atoms with van der Waals surface area (Å²) in [4.78, 5) is 11.4. The van der Waals surface area contributed by atoms with Gasteiger partial charge in [0.2, 0.25) is 0 Å². The minimum Gasteiger partial charge on any atom is -0.466 e. The number of carbonyl (C=O) groups excluding carboxylic acids is 1. The number of alkyl halides is 1. The molecule has 5 heteroatoms. The summed E-state index contributed by atoms with van der Waals surface area (Å²) in [6, 6.07) is 5.48. The summed E-state index contributed by atoms with van der Waals surface area (Å²) >= 11 is 9.09. The quantitative estimate of drug-likeness (QED) is 0.633. The van der Waals surface area contributed by atoms with Crippen LogP contribution in [0.2, 0.25) is 0 Å². The molecular weight excluding hydrogens is 305 g/mol. The molecule has 0 aliphatic carbocycles. The predicted octanol–water partition coefficient (Wildman–Crippen LogP) is 3.17. The van der Waals surface area contributed by atoms with Crippen molar-refractivity contribution in [2.75, 3.05) is 6.61 Å². The SMILES string of the molecule is CCOC(=O)Cc1cc(C#N)c(Br)cc1CCl. The molecule has 0 spiro atoms. The second kappa shape index (κ2) is 6.63. The largest absolute Gasteiger partial charge is 0.466 e. The smallest absolute Gasteiger partial charge is 0.310 e. The van der Waals surface area contributed by atoms with E-state index in [9.17, 15) is 4.79 Å². The number of benzene rings is 1. The third-order valence-electron chi connectivity index (χ3n) is 2.19. The van der Waals surface area contributed by atoms with Crippen molar-refractivity contribution in [3.05, 3.63) is 33.3 Å². The minimum absolute atomic E-state index is 0.137. The lowest BCUT2D eigenvalue weighted by Gasteiger charge is -2.08. The van der Waals surface area contributed by atoms with Crippen LogP contribution in [0.25, 0.3) is 0 Å². The van der Waals surface area contributed by atoms with Gasteiger partial charge in [0.25, 0.3) is 0 Å². The maximum atomic E-state index is 11.4. The molecule has 0 amide bonds. The first-order valence-electron chi connectivity index (χ1n) is 5.05. The summed E-state index contributed by atoms with van der Waals surface area (Å²) in [7, 11) is 0. The van der Waals surface area contributed by atoms with E-state index in [1.54, 1.807) is 19.1 Å². The van der Waals surface area contributed by atoms with Crippen LogP contribution in [0.3, 0.4) is 0 Å². The minimum atomic E-state index is -0.315. The van der Waals surface area contributed by atoms with Gasteiger partial charge in [0, 0.05) is 10.4 Å². The van der Waals surface area contributed by atoms with Gasteiger partial charge in [-0.2, -0.15) is 5.26 Å². The van der Waals surface area contributed by atoms with Gasteiger partial charge in [-0.25, -0.2) is 0 Å². The average Bonchev–Trinajstić information content (AvgIpc) is 2.31. The normalized spacial score (nSPS) is 9.76. The Morgan fingerprint density at radius 3 is 2.76 bits per heavy atom. The first-order valence-corrected chi connectivity index (χ1v) is 6.38. The van der Waals surface area contributed by atoms with E-state index in [1.807, 2.05) is 0 Å². The number of ether oxygens (including phenoxy) is 1. The highest BCUT2D eigenvalue weighted by atomic mass is 79.9. The van der Waals surface area contributed by atoms with Gasteiger partial charge in [0.05, 0.1) is 18.6 Å². The fourth-order valence-corrected chi connectivity index (χ4v) is 2.13. The van der Waals surface area contributed by atoms with Crippen LogP contribution < -0.4 is 0 Å². The van der Waals surface area contributed by atoms with Crippen molar-refractivity contribution in [2.45, 2.75) is 19.2 Å². The Balaban J connectivity index is 3.05. The predicted molar refractivity (Wildman–Crippen MR) is 68.8 cm³/mol. The number of rotatable bonds is 4. The van der Waals surface area contributed by atoms with E-state index in [0.717, 1.165) is 11.1 Å². The number of hydrogen-bond donors (Lipinski definition) is 0. The molecule has 0 atom stereocenters. The fraction of sp³-hybridized carbons (Fsp3) is 0.333. The van der Waals surface area contributed by atoms with Crippen molar-refractivity contribution in [3.63, 3.8) is 0 Å². The molecule has 0 aliphatic rings. The highest BCUT2D eigenvalue weighted by Crippen LogP contribution is 2.23. The van der Waals surface area contributed by atoms with Crippen LogP contribution in [-0.2, 0) is 21.8 Å². The Hall–Kier alpha value is -1.05. The Morgan fingerprint density at radius 2 is 2.24 bits per heavy atom. The topological polar surface area (TPSA) is 50.1 Å². The van der Waals surface area contributed by atoms with Gasteiger partial charge in [-0.15, -0.1) is 11.6 Å². The molecule has 0 heterocycles. The highest BCUT2D eigenvalue weighted by molar-refractivity contribution is 9.10. The van der Waals surface area contributed by atoms with Crippen LogP contribution in [-0.4, -0.2) is 12.6 Å². The molecule has 1 rings (SSSR count). The lowest BCUT2D eigenvalue weighted by molar-refractivity contribution is -0.142. The van der Waals surface area contributed by atoms with E-state index in [2.05, 4.69) is 22.0 Å². The van der Waals surface area contributed by atoms with Crippen LogP contribution in [0, 0.1) is 11.3 Å². The van der Waals surface area contributed by atoms with Gasteiger partial charge >= 0.3 is 5.97 Å². The molecule has 17 heavy (non-hydrogen) atoms. The van der Waals surface area contributed by atoms with Crippen molar-refractivity contribution < 1.29 is 9.53 Å². The van der Waals surface area contributed by atoms with Crippen molar-refractivity contribution in [2.24, 2.45) is 0 Å². The molecule has 0 fully saturated rings. The fourth-order valence-electron chi connectivity index (χ4n) is 1.40. The molecule has 0 saturated carbocycles. The average molecular weight is 317 g/mol. The molecule has 0 radical (unpaired) electrons. The highest BCUT2D eigenvalue weighted by Gasteiger charge is 2.12. The van der Waals surface area contributed by atoms with Gasteiger partial charge in [-0.3, -0.25) is 4.79 Å². The third-order valence-corrected chi connectivity index (χ3v) is 3.14. The number of halogens is 2. The van der Waals surface area contributed by atoms with Crippen molar-refractivity contribution in [1.29, 1.82) is 5.26 Å². The monoisotopic (exact) mass is 315 g/mol. The molecule has 0 N–H and O–H groups in total. The van der Waals surface area contributed by atoms with Crippen molar-refractivity contribution in [3.8, 4) is 6.07 Å². The summed E-state index contributed by atoms with van der Waals surface area (Å²) in [5.41, 5.74) is 2.04. The number of nitriles is 1. The van der Waals surface area contributed by atoms with Gasteiger partial charge in [0.15, 0.2) is 0 Å². The van der Waals surface area contributed by atoms with Crippen LogP contribution >= 0.6 is 27.5 Å². The Kier molecular flexibility index (Phi) is 5.46. The zero-order valence-electron chi connectivity index (χ0n) is 9.30. The molecule has 90 valence electrons. The molecule has 0 bridgehead atoms. The van der Waals surface area contributed by atoms with E-state index in [0.29, 0.717) is 22.5 Å². The maximum absolute atomic E-state index is 11.4. The summed E-state index contributed by atoms with van der Waals surface area (Å²) < 4.78 is 5.56. The zero-order chi connectivity index (χ0) is 12.8. The summed E-state index contributed by atoms with van der Waals surface area (Å²) in [6.45, 7) is 2.10. The van der Waals surface area contributed by atoms with Crippen LogP contribution in [0.4, 0.5) is 0 Å². The van der Waals surface area contributed by atoms with E-state index in [4.69, 9.17) is 21.6 Å². The lowest BCUT2D eigenvalue weighted by atomic mass is 10.0. The van der Waals surface area contributed by atoms with E-state index in [1.165, 1.54) is 0 Å². The van der Waals surface area contributed by atoms with E-state index < -0.39 is 0 Å². The molecule has 1 aromatic carbocycles. The second-order valence-electron chi connectivity index (χ2n) is 3.33. The van der Waals surface area contributed by atoms with Gasteiger partial charge in [-0.05, 0) is 46.1 Å². The maximum Gasteiger partial charge on any atom is 0.310 e. The number of esters is 1. The molecule has 0 aliphatic heterocycles. The summed E-state index contributed by atoms with van der Waals surface area (Å²) in [5, 5.41) is 8.91. The van der Waals surface area contributed by atoms with E-state index in [-0.39, 0.29) is 12.4 Å². The number of carbonyl (C=O) groups is 1. The van der Waals surface area contributed by atoms with Gasteiger partial charge in [0.1, 0.15) is 6.07 Å². The Bertz CT molecular complexity index is 468. The molecular formula is C12H11BrClNO2. The first-order chi connectivity index (χ1) is 8.12. The van der Waals surface area contributed by atoms with Crippen molar-refractivity contribution in [1.82, 2.24) is 0 Å². The van der Waals surface area contributed by atoms with Crippen LogP contribution in [0.15, 0.2) is 16.6 Å². The first kappa shape index (κ1) is 14.0. The molecule has 0 unspecified atom stereocenters. The zero-order valence-corrected chi connectivity index (χ0v) is 11.6. The number of hydrogen-bond acceptors (Lipinski definition) is 3. The third kappa shape index (κ3) is 3.72.